The minimum Gasteiger partial charge on any atom is -0.493 e. The normalized spacial score (nSPS) is 11.4. The lowest BCUT2D eigenvalue weighted by Gasteiger charge is -2.08. The van der Waals surface area contributed by atoms with Crippen molar-refractivity contribution < 1.29 is 5.11 Å². The average Bonchev–Trinajstić information content (AvgIpc) is 2.77. The van der Waals surface area contributed by atoms with Crippen LogP contribution in [0.15, 0.2) is 29.1 Å². The maximum atomic E-state index is 12.5. The van der Waals surface area contributed by atoms with Crippen LogP contribution in [0.5, 0.6) is 5.88 Å². The fourth-order valence-corrected chi connectivity index (χ4v) is 4.17. The van der Waals surface area contributed by atoms with Crippen molar-refractivity contribution in [2.24, 2.45) is 5.92 Å². The van der Waals surface area contributed by atoms with Crippen LogP contribution in [0.4, 0.5) is 0 Å². The molecule has 1 aromatic carbocycles. The molecule has 0 saturated heterocycles. The fraction of sp³-hybridized carbons (Fsp3) is 0.643. The number of aromatic nitrogens is 2. The van der Waals surface area contributed by atoms with E-state index in [9.17, 15) is 9.90 Å². The lowest BCUT2D eigenvalue weighted by Crippen LogP contribution is -2.15. The maximum Gasteiger partial charge on any atom is 0.258 e. The predicted octanol–water partition coefficient (Wildman–Crippen LogP) is 7.58. The SMILES string of the molecule is CCCCCCCCc1ccc(-c2nc(O)c(CCCCCCCC(C)C)c(=O)[nH]2)cc1. The molecule has 0 aliphatic carbocycles. The summed E-state index contributed by atoms with van der Waals surface area (Å²) in [5.74, 6) is 1.09. The molecule has 0 fully saturated rings. The number of aryl methyl sites for hydroxylation is 1. The summed E-state index contributed by atoms with van der Waals surface area (Å²) in [7, 11) is 0. The Morgan fingerprint density at radius 1 is 0.844 bits per heavy atom. The monoisotopic (exact) mass is 440 g/mol. The van der Waals surface area contributed by atoms with Crippen molar-refractivity contribution in [3.05, 3.63) is 45.7 Å². The van der Waals surface area contributed by atoms with Crippen molar-refractivity contribution in [2.45, 2.75) is 111 Å². The summed E-state index contributed by atoms with van der Waals surface area (Å²) in [4.78, 5) is 19.7. The third kappa shape index (κ3) is 9.58. The summed E-state index contributed by atoms with van der Waals surface area (Å²) in [5, 5.41) is 10.4. The van der Waals surface area contributed by atoms with Crippen molar-refractivity contribution in [3.63, 3.8) is 0 Å². The number of rotatable bonds is 16. The molecule has 2 aromatic rings. The highest BCUT2D eigenvalue weighted by molar-refractivity contribution is 5.56. The summed E-state index contributed by atoms with van der Waals surface area (Å²) in [6.45, 7) is 6.76. The molecule has 4 heteroatoms. The minimum absolute atomic E-state index is 0.125. The van der Waals surface area contributed by atoms with Crippen molar-refractivity contribution in [3.8, 4) is 17.3 Å². The fourth-order valence-electron chi connectivity index (χ4n) is 4.17. The van der Waals surface area contributed by atoms with Gasteiger partial charge in [0.05, 0.1) is 5.56 Å². The summed E-state index contributed by atoms with van der Waals surface area (Å²) in [6.07, 6.45) is 16.4. The van der Waals surface area contributed by atoms with E-state index in [1.165, 1.54) is 69.8 Å². The Bertz CT molecular complexity index is 824. The Morgan fingerprint density at radius 2 is 1.44 bits per heavy atom. The number of nitrogens with one attached hydrogen (secondary N) is 1. The second kappa shape index (κ2) is 14.9. The quantitative estimate of drug-likeness (QED) is 0.264. The van der Waals surface area contributed by atoms with Crippen molar-refractivity contribution >= 4 is 0 Å². The van der Waals surface area contributed by atoms with Gasteiger partial charge in [0.2, 0.25) is 5.88 Å². The van der Waals surface area contributed by atoms with Crippen LogP contribution in [0.3, 0.4) is 0 Å². The van der Waals surface area contributed by atoms with Crippen LogP contribution in [0, 0.1) is 5.92 Å². The molecule has 2 N–H and O–H groups in total. The van der Waals surface area contributed by atoms with Gasteiger partial charge in [-0.15, -0.1) is 0 Å². The zero-order valence-electron chi connectivity index (χ0n) is 20.6. The highest BCUT2D eigenvalue weighted by atomic mass is 16.3. The van der Waals surface area contributed by atoms with Crippen molar-refractivity contribution in [2.75, 3.05) is 0 Å². The van der Waals surface area contributed by atoms with Gasteiger partial charge in [-0.3, -0.25) is 4.79 Å². The number of benzene rings is 1. The van der Waals surface area contributed by atoms with Crippen LogP contribution in [0.25, 0.3) is 11.4 Å². The lowest BCUT2D eigenvalue weighted by molar-refractivity contribution is 0.441. The van der Waals surface area contributed by atoms with Crippen LogP contribution in [0.2, 0.25) is 0 Å². The largest absolute Gasteiger partial charge is 0.493 e. The van der Waals surface area contributed by atoms with Crippen LogP contribution < -0.4 is 5.56 Å². The zero-order chi connectivity index (χ0) is 23.2. The topological polar surface area (TPSA) is 66.0 Å². The summed E-state index contributed by atoms with van der Waals surface area (Å²) in [5.41, 5.74) is 2.33. The molecule has 0 atom stereocenters. The number of hydrogen-bond acceptors (Lipinski definition) is 3. The molecule has 0 aliphatic heterocycles. The molecule has 1 aromatic heterocycles. The van der Waals surface area contributed by atoms with E-state index < -0.39 is 0 Å². The molecular weight excluding hydrogens is 396 g/mol. The van der Waals surface area contributed by atoms with Gasteiger partial charge in [0, 0.05) is 5.56 Å². The van der Waals surface area contributed by atoms with Gasteiger partial charge in [0.15, 0.2) is 0 Å². The third-order valence-corrected chi connectivity index (χ3v) is 6.25. The minimum atomic E-state index is -0.219. The summed E-state index contributed by atoms with van der Waals surface area (Å²) < 4.78 is 0. The molecular formula is C28H44N2O2. The Labute approximate surface area is 194 Å². The third-order valence-electron chi connectivity index (χ3n) is 6.25. The maximum absolute atomic E-state index is 12.5. The molecule has 0 amide bonds. The second-order valence-corrected chi connectivity index (χ2v) is 9.63. The Morgan fingerprint density at radius 3 is 2.06 bits per heavy atom. The molecule has 1 heterocycles. The van der Waals surface area contributed by atoms with Gasteiger partial charge in [0.25, 0.3) is 5.56 Å². The summed E-state index contributed by atoms with van der Waals surface area (Å²) >= 11 is 0. The van der Waals surface area contributed by atoms with Gasteiger partial charge in [-0.2, -0.15) is 4.98 Å². The van der Waals surface area contributed by atoms with E-state index in [0.29, 0.717) is 17.8 Å². The molecule has 32 heavy (non-hydrogen) atoms. The van der Waals surface area contributed by atoms with Crippen LogP contribution in [0.1, 0.15) is 109 Å². The Kier molecular flexibility index (Phi) is 12.2. The standard InChI is InChI=1S/C28H44N2O2/c1-4-5-6-7-10-13-16-23-18-20-24(21-19-23)26-29-27(31)25(28(32)30-26)17-14-11-8-9-12-15-22(2)3/h18-22H,4-17H2,1-3H3,(H2,29,30,31,32). The van der Waals surface area contributed by atoms with Gasteiger partial charge >= 0.3 is 0 Å². The van der Waals surface area contributed by atoms with E-state index in [-0.39, 0.29) is 11.4 Å². The van der Waals surface area contributed by atoms with E-state index in [1.54, 1.807) is 0 Å². The molecule has 0 radical (unpaired) electrons. The van der Waals surface area contributed by atoms with E-state index in [4.69, 9.17) is 0 Å². The van der Waals surface area contributed by atoms with Crippen molar-refractivity contribution in [1.82, 2.24) is 9.97 Å². The highest BCUT2D eigenvalue weighted by Crippen LogP contribution is 2.21. The molecule has 0 aliphatic rings. The van der Waals surface area contributed by atoms with Crippen molar-refractivity contribution in [1.29, 1.82) is 0 Å². The second-order valence-electron chi connectivity index (χ2n) is 9.63. The van der Waals surface area contributed by atoms with Crippen LogP contribution in [-0.4, -0.2) is 15.1 Å². The zero-order valence-corrected chi connectivity index (χ0v) is 20.6. The van der Waals surface area contributed by atoms with E-state index >= 15 is 0 Å². The summed E-state index contributed by atoms with van der Waals surface area (Å²) in [6, 6.07) is 8.18. The van der Waals surface area contributed by atoms with E-state index in [0.717, 1.165) is 30.7 Å². The first-order valence-electron chi connectivity index (χ1n) is 12.9. The molecule has 0 bridgehead atoms. The van der Waals surface area contributed by atoms with Gasteiger partial charge < -0.3 is 10.1 Å². The lowest BCUT2D eigenvalue weighted by atomic mass is 10.0. The number of H-pyrrole nitrogens is 1. The number of hydrogen-bond donors (Lipinski definition) is 2. The van der Waals surface area contributed by atoms with Crippen LogP contribution in [-0.2, 0) is 12.8 Å². The number of nitrogens with zero attached hydrogens (tertiary/aromatic N) is 1. The van der Waals surface area contributed by atoms with Gasteiger partial charge in [-0.25, -0.2) is 0 Å². The number of unbranched alkanes of at least 4 members (excludes halogenated alkanes) is 9. The molecule has 0 saturated carbocycles. The van der Waals surface area contributed by atoms with Gasteiger partial charge in [-0.05, 0) is 37.2 Å². The molecule has 2 rings (SSSR count). The smallest absolute Gasteiger partial charge is 0.258 e. The number of aromatic amines is 1. The van der Waals surface area contributed by atoms with E-state index in [1.807, 2.05) is 12.1 Å². The molecule has 178 valence electrons. The molecule has 0 spiro atoms. The first-order valence-corrected chi connectivity index (χ1v) is 12.9. The Hall–Kier alpha value is -2.10. The van der Waals surface area contributed by atoms with Gasteiger partial charge in [0.1, 0.15) is 5.82 Å². The van der Waals surface area contributed by atoms with Crippen LogP contribution >= 0.6 is 0 Å². The number of aromatic hydroxyl groups is 1. The Balaban J connectivity index is 1.82. The molecule has 0 unspecified atom stereocenters. The van der Waals surface area contributed by atoms with Gasteiger partial charge in [-0.1, -0.05) is 109 Å². The first kappa shape index (κ1) is 26.2. The first-order chi connectivity index (χ1) is 15.5. The molecule has 4 nitrogen and oxygen atoms in total. The highest BCUT2D eigenvalue weighted by Gasteiger charge is 2.12. The van der Waals surface area contributed by atoms with E-state index in [2.05, 4.69) is 42.9 Å². The predicted molar refractivity (Wildman–Crippen MR) is 135 cm³/mol. The average molecular weight is 441 g/mol.